The van der Waals surface area contributed by atoms with Gasteiger partial charge >= 0.3 is 0 Å². The molecule has 2 heterocycles. The van der Waals surface area contributed by atoms with Crippen molar-refractivity contribution in [3.8, 4) is 11.3 Å². The maximum atomic E-state index is 5.47. The van der Waals surface area contributed by atoms with Crippen LogP contribution in [-0.4, -0.2) is 15.1 Å². The fraction of sp³-hybridized carbons (Fsp3) is 0.222. The highest BCUT2D eigenvalue weighted by atomic mass is 16.5. The van der Waals surface area contributed by atoms with Crippen molar-refractivity contribution in [2.45, 2.75) is 13.5 Å². The monoisotopic (exact) mass is 190 g/mol. The predicted molar refractivity (Wildman–Crippen MR) is 50.2 cm³/mol. The molecule has 0 radical (unpaired) electrons. The molecule has 5 heteroatoms. The summed E-state index contributed by atoms with van der Waals surface area (Å²) in [4.78, 5) is 8.35. The fourth-order valence-corrected chi connectivity index (χ4v) is 1.18. The van der Waals surface area contributed by atoms with Gasteiger partial charge in [-0.1, -0.05) is 5.16 Å². The summed E-state index contributed by atoms with van der Waals surface area (Å²) < 4.78 is 4.94. The lowest BCUT2D eigenvalue weighted by Gasteiger charge is -1.99. The molecular weight excluding hydrogens is 180 g/mol. The van der Waals surface area contributed by atoms with Crippen LogP contribution >= 0.6 is 0 Å². The minimum atomic E-state index is 0.380. The second-order valence-electron chi connectivity index (χ2n) is 2.90. The number of nitrogens with zero attached hydrogens (tertiary/aromatic N) is 3. The van der Waals surface area contributed by atoms with E-state index in [0.29, 0.717) is 6.54 Å². The molecule has 0 spiro atoms. The van der Waals surface area contributed by atoms with Crippen molar-refractivity contribution in [1.29, 1.82) is 0 Å². The second kappa shape index (κ2) is 3.55. The quantitative estimate of drug-likeness (QED) is 0.761. The molecule has 2 rings (SSSR count). The first kappa shape index (κ1) is 8.83. The first-order valence-electron chi connectivity index (χ1n) is 4.24. The van der Waals surface area contributed by atoms with Gasteiger partial charge in [-0.3, -0.25) is 4.98 Å². The second-order valence-corrected chi connectivity index (χ2v) is 2.90. The SMILES string of the molecule is Cc1oncc1-c1cncc(CN)n1. The van der Waals surface area contributed by atoms with E-state index in [-0.39, 0.29) is 0 Å². The van der Waals surface area contributed by atoms with Gasteiger partial charge in [-0.05, 0) is 6.92 Å². The van der Waals surface area contributed by atoms with E-state index in [4.69, 9.17) is 10.3 Å². The average molecular weight is 190 g/mol. The number of hydrogen-bond acceptors (Lipinski definition) is 5. The van der Waals surface area contributed by atoms with Gasteiger partial charge in [0.15, 0.2) is 0 Å². The van der Waals surface area contributed by atoms with Gasteiger partial charge in [0.05, 0.1) is 29.3 Å². The zero-order chi connectivity index (χ0) is 9.97. The molecule has 0 aromatic carbocycles. The van der Waals surface area contributed by atoms with Crippen molar-refractivity contribution >= 4 is 0 Å². The third-order valence-corrected chi connectivity index (χ3v) is 1.92. The van der Waals surface area contributed by atoms with Crippen LogP contribution in [0.5, 0.6) is 0 Å². The zero-order valence-corrected chi connectivity index (χ0v) is 7.77. The standard InChI is InChI=1S/C9H10N4O/c1-6-8(4-12-14-6)9-5-11-3-7(2-10)13-9/h3-5H,2,10H2,1H3. The van der Waals surface area contributed by atoms with Crippen LogP contribution in [0.2, 0.25) is 0 Å². The van der Waals surface area contributed by atoms with Gasteiger partial charge in [-0.15, -0.1) is 0 Å². The topological polar surface area (TPSA) is 77.8 Å². The van der Waals surface area contributed by atoms with Crippen molar-refractivity contribution in [1.82, 2.24) is 15.1 Å². The van der Waals surface area contributed by atoms with Crippen LogP contribution in [0, 0.1) is 6.92 Å². The van der Waals surface area contributed by atoms with Crippen molar-refractivity contribution in [2.24, 2.45) is 5.73 Å². The first-order chi connectivity index (χ1) is 6.81. The van der Waals surface area contributed by atoms with Crippen LogP contribution in [0.3, 0.4) is 0 Å². The molecule has 14 heavy (non-hydrogen) atoms. The van der Waals surface area contributed by atoms with Crippen LogP contribution in [0.4, 0.5) is 0 Å². The van der Waals surface area contributed by atoms with E-state index >= 15 is 0 Å². The summed E-state index contributed by atoms with van der Waals surface area (Å²) in [5.41, 5.74) is 7.82. The first-order valence-corrected chi connectivity index (χ1v) is 4.24. The molecule has 72 valence electrons. The van der Waals surface area contributed by atoms with E-state index in [1.54, 1.807) is 18.6 Å². The molecule has 0 saturated carbocycles. The Morgan fingerprint density at radius 2 is 2.21 bits per heavy atom. The molecule has 0 aliphatic rings. The highest BCUT2D eigenvalue weighted by molar-refractivity contribution is 5.58. The normalized spacial score (nSPS) is 10.4. The Labute approximate surface area is 81.0 Å². The number of aromatic nitrogens is 3. The third kappa shape index (κ3) is 1.49. The van der Waals surface area contributed by atoms with E-state index in [1.807, 2.05) is 6.92 Å². The Morgan fingerprint density at radius 1 is 1.36 bits per heavy atom. The Bertz CT molecular complexity index is 438. The summed E-state index contributed by atoms with van der Waals surface area (Å²) in [6, 6.07) is 0. The zero-order valence-electron chi connectivity index (χ0n) is 7.77. The van der Waals surface area contributed by atoms with E-state index < -0.39 is 0 Å². The molecule has 0 unspecified atom stereocenters. The number of hydrogen-bond donors (Lipinski definition) is 1. The molecule has 0 aliphatic heterocycles. The lowest BCUT2D eigenvalue weighted by atomic mass is 10.2. The molecule has 0 aliphatic carbocycles. The summed E-state index contributed by atoms with van der Waals surface area (Å²) in [5.74, 6) is 0.730. The number of rotatable bonds is 2. The van der Waals surface area contributed by atoms with E-state index in [1.165, 1.54) is 0 Å². The maximum Gasteiger partial charge on any atom is 0.143 e. The number of aryl methyl sites for hydroxylation is 1. The Morgan fingerprint density at radius 3 is 2.86 bits per heavy atom. The van der Waals surface area contributed by atoms with Gasteiger partial charge in [0.2, 0.25) is 0 Å². The van der Waals surface area contributed by atoms with Gasteiger partial charge in [-0.2, -0.15) is 0 Å². The lowest BCUT2D eigenvalue weighted by Crippen LogP contribution is -2.01. The summed E-state index contributed by atoms with van der Waals surface area (Å²) in [7, 11) is 0. The van der Waals surface area contributed by atoms with E-state index in [2.05, 4.69) is 15.1 Å². The molecule has 0 fully saturated rings. The van der Waals surface area contributed by atoms with Crippen LogP contribution in [-0.2, 0) is 6.54 Å². The van der Waals surface area contributed by atoms with Crippen LogP contribution in [0.15, 0.2) is 23.1 Å². The van der Waals surface area contributed by atoms with Crippen molar-refractivity contribution in [3.63, 3.8) is 0 Å². The molecular formula is C9H10N4O. The molecule has 2 N–H and O–H groups in total. The van der Waals surface area contributed by atoms with Gasteiger partial charge in [-0.25, -0.2) is 4.98 Å². The minimum Gasteiger partial charge on any atom is -0.361 e. The van der Waals surface area contributed by atoms with Crippen molar-refractivity contribution in [3.05, 3.63) is 30.0 Å². The fourth-order valence-electron chi connectivity index (χ4n) is 1.18. The maximum absolute atomic E-state index is 5.47. The van der Waals surface area contributed by atoms with Crippen molar-refractivity contribution < 1.29 is 4.52 Å². The summed E-state index contributed by atoms with van der Waals surface area (Å²) in [5, 5.41) is 3.68. The van der Waals surface area contributed by atoms with Gasteiger partial charge < -0.3 is 10.3 Å². The molecule has 0 bridgehead atoms. The van der Waals surface area contributed by atoms with Gasteiger partial charge in [0.1, 0.15) is 5.76 Å². The van der Waals surface area contributed by atoms with E-state index in [9.17, 15) is 0 Å². The van der Waals surface area contributed by atoms with Crippen LogP contribution in [0.25, 0.3) is 11.3 Å². The van der Waals surface area contributed by atoms with Crippen molar-refractivity contribution in [2.75, 3.05) is 0 Å². The van der Waals surface area contributed by atoms with Gasteiger partial charge in [0.25, 0.3) is 0 Å². The largest absolute Gasteiger partial charge is 0.361 e. The minimum absolute atomic E-state index is 0.380. The lowest BCUT2D eigenvalue weighted by molar-refractivity contribution is 0.398. The molecule has 5 nitrogen and oxygen atoms in total. The molecule has 2 aromatic heterocycles. The smallest absolute Gasteiger partial charge is 0.143 e. The van der Waals surface area contributed by atoms with E-state index in [0.717, 1.165) is 22.7 Å². The molecule has 0 atom stereocenters. The average Bonchev–Trinajstić information content (AvgIpc) is 2.65. The third-order valence-electron chi connectivity index (χ3n) is 1.92. The Balaban J connectivity index is 2.47. The van der Waals surface area contributed by atoms with Crippen LogP contribution in [0.1, 0.15) is 11.5 Å². The molecule has 2 aromatic rings. The summed E-state index contributed by atoms with van der Waals surface area (Å²) >= 11 is 0. The summed E-state index contributed by atoms with van der Waals surface area (Å²) in [6.45, 7) is 2.21. The number of nitrogens with two attached hydrogens (primary N) is 1. The summed E-state index contributed by atoms with van der Waals surface area (Å²) in [6.07, 6.45) is 4.94. The highest BCUT2D eigenvalue weighted by Gasteiger charge is 2.07. The van der Waals surface area contributed by atoms with Gasteiger partial charge in [0, 0.05) is 12.7 Å². The van der Waals surface area contributed by atoms with Crippen LogP contribution < -0.4 is 5.73 Å². The predicted octanol–water partition coefficient (Wildman–Crippen LogP) is 0.899. The highest BCUT2D eigenvalue weighted by Crippen LogP contribution is 2.19. The Hall–Kier alpha value is -1.75. The Kier molecular flexibility index (Phi) is 2.24. The molecule has 0 saturated heterocycles. The molecule has 0 amide bonds.